The van der Waals surface area contributed by atoms with Crippen molar-refractivity contribution in [3.63, 3.8) is 0 Å². The fourth-order valence-electron chi connectivity index (χ4n) is 1.15. The summed E-state index contributed by atoms with van der Waals surface area (Å²) in [5.74, 6) is 0.353. The fraction of sp³-hybridized carbons (Fsp3) is 0.750. The summed E-state index contributed by atoms with van der Waals surface area (Å²) in [6.07, 6.45) is 2.88. The number of rotatable bonds is 4. The van der Waals surface area contributed by atoms with Gasteiger partial charge in [0.1, 0.15) is 0 Å². The third-order valence-corrected chi connectivity index (χ3v) is 1.94. The summed E-state index contributed by atoms with van der Waals surface area (Å²) in [6.45, 7) is 5.79. The minimum absolute atomic E-state index is 0.353. The molecule has 0 fully saturated rings. The zero-order chi connectivity index (χ0) is 8.97. The van der Waals surface area contributed by atoms with E-state index in [2.05, 4.69) is 24.2 Å². The van der Waals surface area contributed by atoms with Crippen molar-refractivity contribution in [1.29, 1.82) is 0 Å². The molecule has 1 aromatic rings. The molecule has 4 heteroatoms. The highest BCUT2D eigenvalue weighted by atomic mass is 15.4. The van der Waals surface area contributed by atoms with Crippen molar-refractivity contribution in [3.8, 4) is 0 Å². The molecule has 0 aliphatic heterocycles. The molecule has 1 atom stereocenters. The Morgan fingerprint density at radius 3 is 3.00 bits per heavy atom. The van der Waals surface area contributed by atoms with Crippen LogP contribution in [0.1, 0.15) is 31.9 Å². The van der Waals surface area contributed by atoms with Crippen LogP contribution in [0.5, 0.6) is 0 Å². The average molecular weight is 168 g/mol. The van der Waals surface area contributed by atoms with E-state index in [4.69, 9.17) is 5.73 Å². The third kappa shape index (κ3) is 1.82. The monoisotopic (exact) mass is 168 g/mol. The van der Waals surface area contributed by atoms with E-state index in [0.29, 0.717) is 12.5 Å². The van der Waals surface area contributed by atoms with Crippen LogP contribution in [0.4, 0.5) is 0 Å². The first-order chi connectivity index (χ1) is 5.79. The van der Waals surface area contributed by atoms with Gasteiger partial charge in [-0.1, -0.05) is 19.1 Å². The summed E-state index contributed by atoms with van der Waals surface area (Å²) in [6, 6.07) is 0. The zero-order valence-electron chi connectivity index (χ0n) is 7.70. The smallest absolute Gasteiger partial charge is 0.0728 e. The molecule has 68 valence electrons. The summed E-state index contributed by atoms with van der Waals surface area (Å²) in [5.41, 5.74) is 6.70. The zero-order valence-corrected chi connectivity index (χ0v) is 7.70. The molecule has 0 aliphatic rings. The lowest BCUT2D eigenvalue weighted by atomic mass is 10.1. The number of hydrogen-bond donors (Lipinski definition) is 1. The van der Waals surface area contributed by atoms with Gasteiger partial charge in [0.25, 0.3) is 0 Å². The van der Waals surface area contributed by atoms with E-state index in [0.717, 1.165) is 18.7 Å². The second-order valence-electron chi connectivity index (χ2n) is 3.02. The quantitative estimate of drug-likeness (QED) is 0.721. The van der Waals surface area contributed by atoms with Crippen LogP contribution in [0.2, 0.25) is 0 Å². The van der Waals surface area contributed by atoms with Crippen LogP contribution in [0, 0.1) is 0 Å². The molecule has 0 amide bonds. The largest absolute Gasteiger partial charge is 0.330 e. The Labute approximate surface area is 72.8 Å². The molecular formula is C8H16N4. The standard InChI is InChI=1S/C8H16N4/c1-3-4-12-8(6-10-11-12)7(2)5-9/h6-7H,3-5,9H2,1-2H3. The lowest BCUT2D eigenvalue weighted by molar-refractivity contribution is 0.535. The highest BCUT2D eigenvalue weighted by molar-refractivity contribution is 5.01. The molecule has 12 heavy (non-hydrogen) atoms. The van der Waals surface area contributed by atoms with Crippen molar-refractivity contribution in [3.05, 3.63) is 11.9 Å². The molecule has 4 nitrogen and oxygen atoms in total. The molecule has 0 saturated heterocycles. The van der Waals surface area contributed by atoms with Gasteiger partial charge in [-0.2, -0.15) is 0 Å². The Morgan fingerprint density at radius 1 is 1.67 bits per heavy atom. The number of hydrogen-bond acceptors (Lipinski definition) is 3. The first-order valence-electron chi connectivity index (χ1n) is 4.38. The van der Waals surface area contributed by atoms with Gasteiger partial charge in [0, 0.05) is 19.0 Å². The second kappa shape index (κ2) is 4.21. The third-order valence-electron chi connectivity index (χ3n) is 1.94. The van der Waals surface area contributed by atoms with E-state index in [9.17, 15) is 0 Å². The predicted molar refractivity (Wildman–Crippen MR) is 47.8 cm³/mol. The lowest BCUT2D eigenvalue weighted by Crippen LogP contribution is -2.14. The summed E-state index contributed by atoms with van der Waals surface area (Å²) < 4.78 is 1.93. The van der Waals surface area contributed by atoms with E-state index in [1.165, 1.54) is 0 Å². The topological polar surface area (TPSA) is 56.7 Å². The first kappa shape index (κ1) is 9.19. The normalized spacial score (nSPS) is 13.2. The summed E-state index contributed by atoms with van der Waals surface area (Å²) >= 11 is 0. The minimum Gasteiger partial charge on any atom is -0.330 e. The van der Waals surface area contributed by atoms with Crippen LogP contribution in [-0.2, 0) is 6.54 Å². The number of aromatic nitrogens is 3. The molecule has 0 spiro atoms. The van der Waals surface area contributed by atoms with Crippen LogP contribution in [0.15, 0.2) is 6.20 Å². The Hall–Kier alpha value is -0.900. The maximum atomic E-state index is 5.56. The first-order valence-corrected chi connectivity index (χ1v) is 4.38. The van der Waals surface area contributed by atoms with Crippen molar-refractivity contribution in [2.24, 2.45) is 5.73 Å². The Morgan fingerprint density at radius 2 is 2.42 bits per heavy atom. The van der Waals surface area contributed by atoms with Gasteiger partial charge in [-0.25, -0.2) is 4.68 Å². The van der Waals surface area contributed by atoms with Crippen molar-refractivity contribution in [1.82, 2.24) is 15.0 Å². The molecule has 0 saturated carbocycles. The van der Waals surface area contributed by atoms with Crippen LogP contribution in [0.25, 0.3) is 0 Å². The van der Waals surface area contributed by atoms with E-state index >= 15 is 0 Å². The van der Waals surface area contributed by atoms with Crippen LogP contribution < -0.4 is 5.73 Å². The number of aryl methyl sites for hydroxylation is 1. The minimum atomic E-state index is 0.353. The van der Waals surface area contributed by atoms with Crippen LogP contribution in [-0.4, -0.2) is 21.5 Å². The van der Waals surface area contributed by atoms with Gasteiger partial charge in [0.05, 0.1) is 11.9 Å². The Balaban J connectivity index is 2.76. The van der Waals surface area contributed by atoms with E-state index < -0.39 is 0 Å². The SMILES string of the molecule is CCCn1nncc1C(C)CN. The average Bonchev–Trinajstić information content (AvgIpc) is 2.52. The molecule has 1 heterocycles. The fourth-order valence-corrected chi connectivity index (χ4v) is 1.15. The highest BCUT2D eigenvalue weighted by Crippen LogP contribution is 2.11. The molecule has 1 unspecified atom stereocenters. The van der Waals surface area contributed by atoms with Crippen molar-refractivity contribution in [2.75, 3.05) is 6.54 Å². The predicted octanol–water partition coefficient (Wildman–Crippen LogP) is 0.750. The summed E-state index contributed by atoms with van der Waals surface area (Å²) in [5, 5.41) is 7.85. The van der Waals surface area contributed by atoms with Gasteiger partial charge >= 0.3 is 0 Å². The second-order valence-corrected chi connectivity index (χ2v) is 3.02. The molecule has 1 rings (SSSR count). The molecule has 0 aliphatic carbocycles. The number of nitrogens with two attached hydrogens (primary N) is 1. The molecule has 0 aromatic carbocycles. The van der Waals surface area contributed by atoms with Gasteiger partial charge in [0.15, 0.2) is 0 Å². The van der Waals surface area contributed by atoms with Gasteiger partial charge in [-0.15, -0.1) is 5.10 Å². The molecule has 0 radical (unpaired) electrons. The van der Waals surface area contributed by atoms with Gasteiger partial charge in [-0.3, -0.25) is 0 Å². The van der Waals surface area contributed by atoms with Crippen LogP contribution in [0.3, 0.4) is 0 Å². The van der Waals surface area contributed by atoms with Crippen LogP contribution >= 0.6 is 0 Å². The van der Waals surface area contributed by atoms with E-state index in [-0.39, 0.29) is 0 Å². The van der Waals surface area contributed by atoms with E-state index in [1.807, 2.05) is 4.68 Å². The van der Waals surface area contributed by atoms with Crippen molar-refractivity contribution < 1.29 is 0 Å². The van der Waals surface area contributed by atoms with Crippen molar-refractivity contribution in [2.45, 2.75) is 32.7 Å². The van der Waals surface area contributed by atoms with Gasteiger partial charge in [0.2, 0.25) is 0 Å². The molecule has 1 aromatic heterocycles. The highest BCUT2D eigenvalue weighted by Gasteiger charge is 2.09. The number of nitrogens with zero attached hydrogens (tertiary/aromatic N) is 3. The Kier molecular flexibility index (Phi) is 3.22. The van der Waals surface area contributed by atoms with Gasteiger partial charge in [-0.05, 0) is 6.42 Å². The molecule has 2 N–H and O–H groups in total. The summed E-state index contributed by atoms with van der Waals surface area (Å²) in [7, 11) is 0. The van der Waals surface area contributed by atoms with Crippen molar-refractivity contribution >= 4 is 0 Å². The molecular weight excluding hydrogens is 152 g/mol. The maximum Gasteiger partial charge on any atom is 0.0728 e. The maximum absolute atomic E-state index is 5.56. The summed E-state index contributed by atoms with van der Waals surface area (Å²) in [4.78, 5) is 0. The lowest BCUT2D eigenvalue weighted by Gasteiger charge is -2.09. The van der Waals surface area contributed by atoms with E-state index in [1.54, 1.807) is 6.20 Å². The molecule has 0 bridgehead atoms. The Bertz CT molecular complexity index is 231. The van der Waals surface area contributed by atoms with Gasteiger partial charge < -0.3 is 5.73 Å².